The number of benzene rings is 1. The van der Waals surface area contributed by atoms with E-state index in [1.807, 2.05) is 7.05 Å². The molecular formula is C15H25N. The molecule has 1 N–H and O–H groups in total. The van der Waals surface area contributed by atoms with Gasteiger partial charge in [0.2, 0.25) is 0 Å². The molecule has 0 heterocycles. The molecule has 1 aromatic rings. The van der Waals surface area contributed by atoms with E-state index >= 15 is 0 Å². The summed E-state index contributed by atoms with van der Waals surface area (Å²) in [4.78, 5) is 0. The summed E-state index contributed by atoms with van der Waals surface area (Å²) in [5.74, 6) is 2.08. The van der Waals surface area contributed by atoms with Gasteiger partial charge in [0, 0.05) is 6.54 Å². The van der Waals surface area contributed by atoms with E-state index in [9.17, 15) is 0 Å². The van der Waals surface area contributed by atoms with Crippen LogP contribution in [0, 0.1) is 11.8 Å². The predicted octanol–water partition coefficient (Wildman–Crippen LogP) is 3.80. The third-order valence-electron chi connectivity index (χ3n) is 3.18. The number of rotatable bonds is 5. The van der Waals surface area contributed by atoms with Crippen LogP contribution in [0.15, 0.2) is 24.3 Å². The lowest BCUT2D eigenvalue weighted by molar-refractivity contribution is 0.388. The molecule has 0 aromatic heterocycles. The van der Waals surface area contributed by atoms with E-state index < -0.39 is 0 Å². The Labute approximate surface area is 100 Å². The van der Waals surface area contributed by atoms with Crippen molar-refractivity contribution in [2.45, 2.75) is 40.2 Å². The minimum absolute atomic E-state index is 0.670. The highest BCUT2D eigenvalue weighted by Crippen LogP contribution is 2.31. The van der Waals surface area contributed by atoms with Crippen LogP contribution in [0.3, 0.4) is 0 Å². The maximum Gasteiger partial charge on any atom is 0.0202 e. The molecule has 0 saturated carbocycles. The molecule has 90 valence electrons. The van der Waals surface area contributed by atoms with Crippen molar-refractivity contribution in [1.82, 2.24) is 5.32 Å². The van der Waals surface area contributed by atoms with E-state index in [1.165, 1.54) is 11.1 Å². The van der Waals surface area contributed by atoms with Crippen LogP contribution in [0.4, 0.5) is 0 Å². The van der Waals surface area contributed by atoms with Crippen LogP contribution in [-0.2, 0) is 6.54 Å². The second-order valence-corrected chi connectivity index (χ2v) is 5.29. The molecule has 0 spiro atoms. The van der Waals surface area contributed by atoms with E-state index in [1.54, 1.807) is 0 Å². The Balaban J connectivity index is 2.85. The summed E-state index contributed by atoms with van der Waals surface area (Å²) < 4.78 is 0. The fourth-order valence-electron chi connectivity index (χ4n) is 2.60. The van der Waals surface area contributed by atoms with Crippen molar-refractivity contribution < 1.29 is 0 Å². The van der Waals surface area contributed by atoms with Gasteiger partial charge < -0.3 is 5.32 Å². The van der Waals surface area contributed by atoms with Crippen molar-refractivity contribution in [3.8, 4) is 0 Å². The minimum Gasteiger partial charge on any atom is -0.316 e. The van der Waals surface area contributed by atoms with Gasteiger partial charge in [0.05, 0.1) is 0 Å². The van der Waals surface area contributed by atoms with Gasteiger partial charge in [-0.3, -0.25) is 0 Å². The van der Waals surface area contributed by atoms with Gasteiger partial charge in [-0.15, -0.1) is 0 Å². The Bertz CT molecular complexity index is 290. The van der Waals surface area contributed by atoms with Gasteiger partial charge in [-0.2, -0.15) is 0 Å². The van der Waals surface area contributed by atoms with Crippen LogP contribution >= 0.6 is 0 Å². The normalized spacial score (nSPS) is 11.8. The highest BCUT2D eigenvalue weighted by molar-refractivity contribution is 5.26. The molecule has 0 unspecified atom stereocenters. The summed E-state index contributed by atoms with van der Waals surface area (Å²) in [6, 6.07) is 9.06. The predicted molar refractivity (Wildman–Crippen MR) is 71.6 cm³/mol. The fourth-order valence-corrected chi connectivity index (χ4v) is 2.60. The van der Waals surface area contributed by atoms with Gasteiger partial charge in [-0.05, 0) is 35.9 Å². The summed E-state index contributed by atoms with van der Waals surface area (Å²) >= 11 is 0. The molecule has 0 bridgehead atoms. The van der Waals surface area contributed by atoms with E-state index in [-0.39, 0.29) is 0 Å². The van der Waals surface area contributed by atoms with Crippen LogP contribution < -0.4 is 5.32 Å². The Hall–Kier alpha value is -0.820. The van der Waals surface area contributed by atoms with Gasteiger partial charge in [-0.25, -0.2) is 0 Å². The average Bonchev–Trinajstić information content (AvgIpc) is 2.20. The molecule has 16 heavy (non-hydrogen) atoms. The molecule has 0 aliphatic carbocycles. The standard InChI is InChI=1S/C15H25N/c1-11(2)15(12(3)4)14-8-6-13(7-9-14)10-16-5/h6-9,11-12,15-16H,10H2,1-5H3. The summed E-state index contributed by atoms with van der Waals surface area (Å²) in [6.07, 6.45) is 0. The molecule has 1 heteroatoms. The third kappa shape index (κ3) is 3.34. The fraction of sp³-hybridized carbons (Fsp3) is 0.600. The van der Waals surface area contributed by atoms with Crippen LogP contribution in [0.2, 0.25) is 0 Å². The number of hydrogen-bond acceptors (Lipinski definition) is 1. The van der Waals surface area contributed by atoms with Crippen molar-refractivity contribution in [3.05, 3.63) is 35.4 Å². The smallest absolute Gasteiger partial charge is 0.0202 e. The maximum atomic E-state index is 3.18. The molecule has 0 amide bonds. The second-order valence-electron chi connectivity index (χ2n) is 5.29. The Morgan fingerprint density at radius 3 is 1.81 bits per heavy atom. The van der Waals surface area contributed by atoms with Crippen molar-refractivity contribution >= 4 is 0 Å². The Morgan fingerprint density at radius 2 is 1.44 bits per heavy atom. The van der Waals surface area contributed by atoms with Crippen molar-refractivity contribution in [2.24, 2.45) is 11.8 Å². The SMILES string of the molecule is CNCc1ccc(C(C(C)C)C(C)C)cc1. The maximum absolute atomic E-state index is 3.18. The third-order valence-corrected chi connectivity index (χ3v) is 3.18. The Morgan fingerprint density at radius 1 is 0.938 bits per heavy atom. The van der Waals surface area contributed by atoms with Gasteiger partial charge in [0.15, 0.2) is 0 Å². The second kappa shape index (κ2) is 6.05. The van der Waals surface area contributed by atoms with Crippen LogP contribution in [-0.4, -0.2) is 7.05 Å². The molecule has 0 aliphatic rings. The highest BCUT2D eigenvalue weighted by atomic mass is 14.8. The van der Waals surface area contributed by atoms with Gasteiger partial charge in [0.25, 0.3) is 0 Å². The van der Waals surface area contributed by atoms with E-state index in [4.69, 9.17) is 0 Å². The Kier molecular flexibility index (Phi) is 5.01. The zero-order valence-electron chi connectivity index (χ0n) is 11.2. The van der Waals surface area contributed by atoms with Gasteiger partial charge >= 0.3 is 0 Å². The van der Waals surface area contributed by atoms with E-state index in [2.05, 4.69) is 57.3 Å². The van der Waals surface area contributed by atoms with Crippen LogP contribution in [0.5, 0.6) is 0 Å². The van der Waals surface area contributed by atoms with Crippen LogP contribution in [0.25, 0.3) is 0 Å². The highest BCUT2D eigenvalue weighted by Gasteiger charge is 2.19. The average molecular weight is 219 g/mol. The summed E-state index contributed by atoms with van der Waals surface area (Å²) in [5, 5.41) is 3.18. The zero-order chi connectivity index (χ0) is 12.1. The molecular weight excluding hydrogens is 194 g/mol. The topological polar surface area (TPSA) is 12.0 Å². The largest absolute Gasteiger partial charge is 0.316 e. The number of hydrogen-bond donors (Lipinski definition) is 1. The van der Waals surface area contributed by atoms with Crippen molar-refractivity contribution in [1.29, 1.82) is 0 Å². The first-order chi connectivity index (χ1) is 7.56. The van der Waals surface area contributed by atoms with Crippen molar-refractivity contribution in [2.75, 3.05) is 7.05 Å². The van der Waals surface area contributed by atoms with E-state index in [0.29, 0.717) is 17.8 Å². The molecule has 0 saturated heterocycles. The lowest BCUT2D eigenvalue weighted by Gasteiger charge is -2.25. The minimum atomic E-state index is 0.670. The van der Waals surface area contributed by atoms with Gasteiger partial charge in [-0.1, -0.05) is 52.0 Å². The quantitative estimate of drug-likeness (QED) is 0.794. The molecule has 1 aromatic carbocycles. The zero-order valence-corrected chi connectivity index (χ0v) is 11.2. The lowest BCUT2D eigenvalue weighted by atomic mass is 9.80. The van der Waals surface area contributed by atoms with Crippen molar-refractivity contribution in [3.63, 3.8) is 0 Å². The first-order valence-electron chi connectivity index (χ1n) is 6.29. The first-order valence-corrected chi connectivity index (χ1v) is 6.29. The van der Waals surface area contributed by atoms with Crippen LogP contribution in [0.1, 0.15) is 44.7 Å². The first kappa shape index (κ1) is 13.2. The molecule has 1 rings (SSSR count). The number of nitrogens with one attached hydrogen (secondary N) is 1. The molecule has 0 atom stereocenters. The summed E-state index contributed by atoms with van der Waals surface area (Å²) in [5.41, 5.74) is 2.84. The van der Waals surface area contributed by atoms with Gasteiger partial charge in [0.1, 0.15) is 0 Å². The summed E-state index contributed by atoms with van der Waals surface area (Å²) in [7, 11) is 1.99. The molecule has 0 radical (unpaired) electrons. The lowest BCUT2D eigenvalue weighted by Crippen LogP contribution is -2.13. The molecule has 0 fully saturated rings. The summed E-state index contributed by atoms with van der Waals surface area (Å²) in [6.45, 7) is 10.2. The monoisotopic (exact) mass is 219 g/mol. The van der Waals surface area contributed by atoms with E-state index in [0.717, 1.165) is 6.54 Å². The molecule has 0 aliphatic heterocycles. The molecule has 1 nitrogen and oxygen atoms in total.